The molecule has 0 heterocycles. The lowest BCUT2D eigenvalue weighted by Crippen LogP contribution is -2.39. The van der Waals surface area contributed by atoms with Crippen molar-refractivity contribution in [2.75, 3.05) is 11.9 Å². The standard InChI is InChI=1S/C15H25BrN2/c1-10(17)12-7-8-14(13(16)9-12)18(6)11(2)15(3,4)5/h7-11H,17H2,1-6H3/t10-,11?/m1/s1. The number of nitrogens with zero attached hydrogens (tertiary/aromatic N) is 1. The van der Waals surface area contributed by atoms with Crippen molar-refractivity contribution in [1.82, 2.24) is 0 Å². The molecule has 18 heavy (non-hydrogen) atoms. The van der Waals surface area contributed by atoms with E-state index in [0.29, 0.717) is 6.04 Å². The zero-order valence-corrected chi connectivity index (χ0v) is 13.9. The van der Waals surface area contributed by atoms with Crippen LogP contribution < -0.4 is 10.6 Å². The highest BCUT2D eigenvalue weighted by atomic mass is 79.9. The Morgan fingerprint density at radius 3 is 2.17 bits per heavy atom. The Hall–Kier alpha value is -0.540. The molecule has 0 aliphatic carbocycles. The molecule has 0 amide bonds. The third kappa shape index (κ3) is 3.48. The molecule has 1 aromatic carbocycles. The van der Waals surface area contributed by atoms with Crippen LogP contribution in [-0.2, 0) is 0 Å². The molecule has 0 aliphatic heterocycles. The second-order valence-electron chi connectivity index (χ2n) is 6.15. The zero-order chi connectivity index (χ0) is 14.1. The van der Waals surface area contributed by atoms with Crippen LogP contribution >= 0.6 is 15.9 Å². The molecule has 2 nitrogen and oxygen atoms in total. The summed E-state index contributed by atoms with van der Waals surface area (Å²) in [6.45, 7) is 11.0. The van der Waals surface area contributed by atoms with Crippen molar-refractivity contribution in [3.05, 3.63) is 28.2 Å². The van der Waals surface area contributed by atoms with Crippen molar-refractivity contribution in [3.63, 3.8) is 0 Å². The van der Waals surface area contributed by atoms with Crippen LogP contribution in [0.2, 0.25) is 0 Å². The van der Waals surface area contributed by atoms with Crippen LogP contribution in [0.15, 0.2) is 22.7 Å². The van der Waals surface area contributed by atoms with E-state index in [2.05, 4.69) is 73.8 Å². The van der Waals surface area contributed by atoms with Gasteiger partial charge in [0.05, 0.1) is 5.69 Å². The highest BCUT2D eigenvalue weighted by molar-refractivity contribution is 9.10. The van der Waals surface area contributed by atoms with Gasteiger partial charge in [-0.15, -0.1) is 0 Å². The van der Waals surface area contributed by atoms with Crippen molar-refractivity contribution in [2.45, 2.75) is 46.7 Å². The van der Waals surface area contributed by atoms with Crippen LogP contribution in [0, 0.1) is 5.41 Å². The molecule has 0 saturated carbocycles. The number of anilines is 1. The van der Waals surface area contributed by atoms with Gasteiger partial charge in [0.1, 0.15) is 0 Å². The predicted octanol–water partition coefficient (Wildman–Crippen LogP) is 4.34. The zero-order valence-electron chi connectivity index (χ0n) is 12.3. The van der Waals surface area contributed by atoms with Crippen LogP contribution in [0.1, 0.15) is 46.2 Å². The van der Waals surface area contributed by atoms with Crippen LogP contribution in [0.5, 0.6) is 0 Å². The Morgan fingerprint density at radius 2 is 1.78 bits per heavy atom. The average molecular weight is 313 g/mol. The van der Waals surface area contributed by atoms with Gasteiger partial charge < -0.3 is 10.6 Å². The summed E-state index contributed by atoms with van der Waals surface area (Å²) >= 11 is 3.65. The van der Waals surface area contributed by atoms with Crippen molar-refractivity contribution >= 4 is 21.6 Å². The lowest BCUT2D eigenvalue weighted by atomic mass is 9.87. The predicted molar refractivity (Wildman–Crippen MR) is 84.1 cm³/mol. The van der Waals surface area contributed by atoms with E-state index in [-0.39, 0.29) is 11.5 Å². The van der Waals surface area contributed by atoms with Gasteiger partial charge >= 0.3 is 0 Å². The summed E-state index contributed by atoms with van der Waals surface area (Å²) in [4.78, 5) is 2.31. The fourth-order valence-corrected chi connectivity index (χ4v) is 2.56. The first-order valence-corrected chi connectivity index (χ1v) is 7.21. The van der Waals surface area contributed by atoms with Crippen molar-refractivity contribution < 1.29 is 0 Å². The second-order valence-corrected chi connectivity index (χ2v) is 7.01. The van der Waals surface area contributed by atoms with Gasteiger partial charge in [0, 0.05) is 23.6 Å². The smallest absolute Gasteiger partial charge is 0.0510 e. The molecule has 1 unspecified atom stereocenters. The van der Waals surface area contributed by atoms with E-state index in [1.165, 1.54) is 5.69 Å². The summed E-state index contributed by atoms with van der Waals surface area (Å²) in [6.07, 6.45) is 0. The minimum Gasteiger partial charge on any atom is -0.370 e. The maximum Gasteiger partial charge on any atom is 0.0510 e. The summed E-state index contributed by atoms with van der Waals surface area (Å²) in [5, 5.41) is 0. The first-order chi connectivity index (χ1) is 8.14. The van der Waals surface area contributed by atoms with Crippen molar-refractivity contribution in [2.24, 2.45) is 11.1 Å². The van der Waals surface area contributed by atoms with Crippen LogP contribution in [0.3, 0.4) is 0 Å². The average Bonchev–Trinajstić information content (AvgIpc) is 2.25. The molecule has 0 saturated heterocycles. The number of rotatable bonds is 3. The molecule has 1 aromatic rings. The lowest BCUT2D eigenvalue weighted by molar-refractivity contribution is 0.329. The van der Waals surface area contributed by atoms with Crippen LogP contribution in [0.4, 0.5) is 5.69 Å². The van der Waals surface area contributed by atoms with Gasteiger partial charge in [-0.25, -0.2) is 0 Å². The molecule has 3 heteroatoms. The summed E-state index contributed by atoms with van der Waals surface area (Å²) in [6, 6.07) is 6.89. The van der Waals surface area contributed by atoms with Gasteiger partial charge in [-0.3, -0.25) is 0 Å². The van der Waals surface area contributed by atoms with E-state index >= 15 is 0 Å². The molecule has 0 bridgehead atoms. The molecule has 0 spiro atoms. The first-order valence-electron chi connectivity index (χ1n) is 6.42. The van der Waals surface area contributed by atoms with E-state index in [9.17, 15) is 0 Å². The molecule has 1 rings (SSSR count). The van der Waals surface area contributed by atoms with Crippen LogP contribution in [-0.4, -0.2) is 13.1 Å². The minimum atomic E-state index is 0.0701. The van der Waals surface area contributed by atoms with Gasteiger partial charge in [0.25, 0.3) is 0 Å². The van der Waals surface area contributed by atoms with Gasteiger partial charge in [-0.2, -0.15) is 0 Å². The molecule has 0 radical (unpaired) electrons. The summed E-state index contributed by atoms with van der Waals surface area (Å²) in [5.41, 5.74) is 8.51. The molecule has 102 valence electrons. The van der Waals surface area contributed by atoms with Gasteiger partial charge in [-0.05, 0) is 52.9 Å². The summed E-state index contributed by atoms with van der Waals surface area (Å²) in [7, 11) is 2.14. The molecule has 0 fully saturated rings. The maximum absolute atomic E-state index is 5.90. The highest BCUT2D eigenvalue weighted by Gasteiger charge is 2.25. The Labute approximate surface area is 120 Å². The Kier molecular flexibility index (Phi) is 4.84. The normalized spacial score (nSPS) is 15.3. The van der Waals surface area contributed by atoms with Crippen LogP contribution in [0.25, 0.3) is 0 Å². The largest absolute Gasteiger partial charge is 0.370 e. The summed E-state index contributed by atoms with van der Waals surface area (Å²) in [5.74, 6) is 0. The number of hydrogen-bond donors (Lipinski definition) is 1. The quantitative estimate of drug-likeness (QED) is 0.899. The second kappa shape index (κ2) is 5.62. The molecular formula is C15H25BrN2. The van der Waals surface area contributed by atoms with E-state index < -0.39 is 0 Å². The molecular weight excluding hydrogens is 288 g/mol. The van der Waals surface area contributed by atoms with Gasteiger partial charge in [0.2, 0.25) is 0 Å². The monoisotopic (exact) mass is 312 g/mol. The van der Waals surface area contributed by atoms with Gasteiger partial charge in [-0.1, -0.05) is 26.8 Å². The fraction of sp³-hybridized carbons (Fsp3) is 0.600. The SMILES string of the molecule is CC(N(C)c1ccc([C@@H](C)N)cc1Br)C(C)(C)C. The molecule has 2 N–H and O–H groups in total. The Morgan fingerprint density at radius 1 is 1.22 bits per heavy atom. The minimum absolute atomic E-state index is 0.0701. The van der Waals surface area contributed by atoms with E-state index in [1.54, 1.807) is 0 Å². The van der Waals surface area contributed by atoms with E-state index in [1.807, 2.05) is 6.92 Å². The van der Waals surface area contributed by atoms with Gasteiger partial charge in [0.15, 0.2) is 0 Å². The number of halogens is 1. The first kappa shape index (κ1) is 15.5. The maximum atomic E-state index is 5.90. The number of nitrogens with two attached hydrogens (primary N) is 1. The summed E-state index contributed by atoms with van der Waals surface area (Å²) < 4.78 is 1.11. The Bertz CT molecular complexity index is 407. The topological polar surface area (TPSA) is 29.3 Å². The lowest BCUT2D eigenvalue weighted by Gasteiger charge is -2.37. The van der Waals surface area contributed by atoms with E-state index in [4.69, 9.17) is 5.73 Å². The third-order valence-corrected chi connectivity index (χ3v) is 4.35. The molecule has 0 aliphatic rings. The van der Waals surface area contributed by atoms with Crippen molar-refractivity contribution in [1.29, 1.82) is 0 Å². The molecule has 0 aromatic heterocycles. The number of hydrogen-bond acceptors (Lipinski definition) is 2. The highest BCUT2D eigenvalue weighted by Crippen LogP contribution is 2.33. The van der Waals surface area contributed by atoms with Crippen molar-refractivity contribution in [3.8, 4) is 0 Å². The Balaban J connectivity index is 3.04. The van der Waals surface area contributed by atoms with E-state index in [0.717, 1.165) is 10.0 Å². The molecule has 2 atom stereocenters. The third-order valence-electron chi connectivity index (χ3n) is 3.71. The number of benzene rings is 1. The fourth-order valence-electron chi connectivity index (χ4n) is 1.88.